The molecule has 0 aromatic carbocycles. The summed E-state index contributed by atoms with van der Waals surface area (Å²) in [6.45, 7) is 2.69. The van der Waals surface area contributed by atoms with E-state index in [9.17, 15) is 0 Å². The van der Waals surface area contributed by atoms with Crippen LogP contribution in [0.25, 0.3) is 0 Å². The predicted molar refractivity (Wildman–Crippen MR) is 69.5 cm³/mol. The first-order chi connectivity index (χ1) is 8.18. The largest absolute Gasteiger partial charge is 0.0593 e. The van der Waals surface area contributed by atoms with Gasteiger partial charge in [0, 0.05) is 0 Å². The van der Waals surface area contributed by atoms with E-state index in [0.717, 1.165) is 16.7 Å². The molecule has 0 radical (unpaired) electrons. The summed E-state index contributed by atoms with van der Waals surface area (Å²) in [6, 6.07) is 0. The zero-order valence-electron chi connectivity index (χ0n) is 11.3. The molecule has 2 bridgehead atoms. The van der Waals surface area contributed by atoms with Crippen LogP contribution in [0.2, 0.25) is 0 Å². The van der Waals surface area contributed by atoms with Crippen LogP contribution in [0.15, 0.2) is 0 Å². The highest BCUT2D eigenvalue weighted by Crippen LogP contribution is 2.74. The van der Waals surface area contributed by atoms with Crippen molar-refractivity contribution in [1.82, 2.24) is 0 Å². The van der Waals surface area contributed by atoms with Crippen molar-refractivity contribution >= 4 is 0 Å². The normalized spacial score (nSPS) is 66.5. The molecule has 0 spiro atoms. The molecule has 0 amide bonds. The summed E-state index contributed by atoms with van der Waals surface area (Å²) in [5.74, 6) is 5.91. The molecule has 94 valence electrons. The fraction of sp³-hybridized carbons (Fsp3) is 1.00. The monoisotopic (exact) mass is 230 g/mol. The van der Waals surface area contributed by atoms with Crippen molar-refractivity contribution in [3.05, 3.63) is 0 Å². The van der Waals surface area contributed by atoms with Crippen LogP contribution in [0.1, 0.15) is 64.7 Å². The Bertz CT molecular complexity index is 362. The van der Waals surface area contributed by atoms with E-state index in [1.807, 2.05) is 0 Å². The summed E-state index contributed by atoms with van der Waals surface area (Å²) in [7, 11) is 0. The van der Waals surface area contributed by atoms with Crippen molar-refractivity contribution < 1.29 is 0 Å². The van der Waals surface area contributed by atoms with Gasteiger partial charge in [-0.2, -0.15) is 0 Å². The van der Waals surface area contributed by atoms with Gasteiger partial charge in [-0.25, -0.2) is 0 Å². The maximum absolute atomic E-state index is 2.69. The predicted octanol–water partition coefficient (Wildman–Crippen LogP) is 4.64. The van der Waals surface area contributed by atoms with Crippen molar-refractivity contribution in [2.45, 2.75) is 64.7 Å². The van der Waals surface area contributed by atoms with Gasteiger partial charge in [0.05, 0.1) is 0 Å². The van der Waals surface area contributed by atoms with E-state index in [4.69, 9.17) is 0 Å². The first-order valence-electron chi connectivity index (χ1n) is 8.18. The van der Waals surface area contributed by atoms with Gasteiger partial charge in [0.2, 0.25) is 0 Å². The molecule has 0 nitrogen and oxygen atoms in total. The summed E-state index contributed by atoms with van der Waals surface area (Å²) in [6.07, 6.45) is 14.5. The van der Waals surface area contributed by atoms with Crippen molar-refractivity contribution in [3.63, 3.8) is 0 Å². The molecule has 0 heteroatoms. The van der Waals surface area contributed by atoms with E-state index in [-0.39, 0.29) is 0 Å². The molecule has 0 heterocycles. The molecule has 5 atom stereocenters. The van der Waals surface area contributed by atoms with Gasteiger partial charge in [0.15, 0.2) is 0 Å². The minimum atomic E-state index is 0.779. The molecular weight excluding hydrogens is 204 g/mol. The first kappa shape index (κ1) is 9.87. The molecule has 0 N–H and O–H groups in total. The minimum absolute atomic E-state index is 0.779. The van der Waals surface area contributed by atoms with Crippen LogP contribution in [0.3, 0.4) is 0 Å². The topological polar surface area (TPSA) is 0 Å². The summed E-state index contributed by atoms with van der Waals surface area (Å²) in [5.41, 5.74) is 1.62. The number of fused-ring (bicyclic) bond motifs is 2. The van der Waals surface area contributed by atoms with E-state index < -0.39 is 0 Å². The molecule has 17 heavy (non-hydrogen) atoms. The van der Waals surface area contributed by atoms with Gasteiger partial charge in [0.25, 0.3) is 0 Å². The lowest BCUT2D eigenvalue weighted by Crippen LogP contribution is -2.49. The van der Waals surface area contributed by atoms with Crippen LogP contribution in [0.5, 0.6) is 0 Å². The molecule has 5 rings (SSSR count). The highest BCUT2D eigenvalue weighted by atomic mass is 14.7. The van der Waals surface area contributed by atoms with Crippen molar-refractivity contribution in [1.29, 1.82) is 0 Å². The Morgan fingerprint density at radius 3 is 2.41 bits per heavy atom. The molecular formula is C17H26. The molecule has 0 aliphatic heterocycles. The molecule has 5 aliphatic carbocycles. The van der Waals surface area contributed by atoms with Crippen LogP contribution in [0.4, 0.5) is 0 Å². The average Bonchev–Trinajstić information content (AvgIpc) is 2.82. The summed E-state index contributed by atoms with van der Waals surface area (Å²) < 4.78 is 0. The van der Waals surface area contributed by atoms with Crippen molar-refractivity contribution in [2.24, 2.45) is 40.4 Å². The first-order valence-corrected chi connectivity index (χ1v) is 8.18. The van der Waals surface area contributed by atoms with Crippen LogP contribution < -0.4 is 0 Å². The number of rotatable bonds is 2. The number of hydrogen-bond donors (Lipinski definition) is 0. The lowest BCUT2D eigenvalue weighted by atomic mass is 9.49. The van der Waals surface area contributed by atoms with Gasteiger partial charge in [-0.1, -0.05) is 6.92 Å². The summed E-state index contributed by atoms with van der Waals surface area (Å²) >= 11 is 0. The lowest BCUT2D eigenvalue weighted by Gasteiger charge is -2.56. The molecule has 5 fully saturated rings. The fourth-order valence-electron chi connectivity index (χ4n) is 7.43. The van der Waals surface area contributed by atoms with Gasteiger partial charge in [0.1, 0.15) is 0 Å². The third-order valence-corrected chi connectivity index (χ3v) is 8.01. The SMILES string of the molecule is C[C@]1(CC23CCC(CC2)C3)CC2CC3CC1C32. The number of hydrogen-bond acceptors (Lipinski definition) is 0. The molecule has 0 aromatic rings. The summed E-state index contributed by atoms with van der Waals surface area (Å²) in [5, 5.41) is 0. The van der Waals surface area contributed by atoms with E-state index >= 15 is 0 Å². The molecule has 5 saturated carbocycles. The summed E-state index contributed by atoms with van der Waals surface area (Å²) in [4.78, 5) is 0. The van der Waals surface area contributed by atoms with E-state index in [2.05, 4.69) is 6.92 Å². The van der Waals surface area contributed by atoms with Gasteiger partial charge >= 0.3 is 0 Å². The Hall–Kier alpha value is 0. The smallest absolute Gasteiger partial charge is 0.0287 e. The average molecular weight is 230 g/mol. The second-order valence-electron chi connectivity index (χ2n) is 8.86. The highest BCUT2D eigenvalue weighted by molar-refractivity contribution is 5.15. The zero-order valence-corrected chi connectivity index (χ0v) is 11.3. The Balaban J connectivity index is 1.41. The third-order valence-electron chi connectivity index (χ3n) is 8.01. The zero-order chi connectivity index (χ0) is 11.3. The quantitative estimate of drug-likeness (QED) is 0.648. The maximum Gasteiger partial charge on any atom is -0.0287 e. The fourth-order valence-corrected chi connectivity index (χ4v) is 7.43. The van der Waals surface area contributed by atoms with E-state index in [1.54, 1.807) is 57.8 Å². The van der Waals surface area contributed by atoms with Crippen LogP contribution in [-0.4, -0.2) is 0 Å². The second kappa shape index (κ2) is 2.78. The van der Waals surface area contributed by atoms with E-state index in [0.29, 0.717) is 0 Å². The molecule has 4 unspecified atom stereocenters. The Morgan fingerprint density at radius 1 is 1.00 bits per heavy atom. The highest BCUT2D eigenvalue weighted by Gasteiger charge is 2.66. The van der Waals surface area contributed by atoms with Crippen LogP contribution >= 0.6 is 0 Å². The van der Waals surface area contributed by atoms with E-state index in [1.165, 1.54) is 23.7 Å². The van der Waals surface area contributed by atoms with Gasteiger partial charge in [-0.3, -0.25) is 0 Å². The molecule has 0 aromatic heterocycles. The Labute approximate surface area is 106 Å². The second-order valence-corrected chi connectivity index (χ2v) is 8.86. The van der Waals surface area contributed by atoms with Gasteiger partial charge < -0.3 is 0 Å². The molecule has 5 aliphatic rings. The standard InChI is InChI=1S/C17H26/c1-16(9-13-6-12-7-14(16)15(12)13)10-17-4-2-11(8-17)3-5-17/h11-15H,2-10H2,1H3/t11?,12?,13?,14?,15?,16-,17?/m1/s1. The van der Waals surface area contributed by atoms with Crippen LogP contribution in [0, 0.1) is 40.4 Å². The maximum atomic E-state index is 2.69. The minimum Gasteiger partial charge on any atom is -0.0593 e. The Morgan fingerprint density at radius 2 is 1.82 bits per heavy atom. The Kier molecular flexibility index (Phi) is 1.61. The van der Waals surface area contributed by atoms with Crippen molar-refractivity contribution in [2.75, 3.05) is 0 Å². The van der Waals surface area contributed by atoms with Gasteiger partial charge in [-0.05, 0) is 98.2 Å². The van der Waals surface area contributed by atoms with Crippen LogP contribution in [-0.2, 0) is 0 Å². The van der Waals surface area contributed by atoms with Crippen molar-refractivity contribution in [3.8, 4) is 0 Å². The molecule has 0 saturated heterocycles. The third kappa shape index (κ3) is 1.08. The lowest BCUT2D eigenvalue weighted by molar-refractivity contribution is -0.0702. The van der Waals surface area contributed by atoms with Gasteiger partial charge in [-0.15, -0.1) is 0 Å².